The summed E-state index contributed by atoms with van der Waals surface area (Å²) < 4.78 is 5.89. The van der Waals surface area contributed by atoms with E-state index < -0.39 is 0 Å². The van der Waals surface area contributed by atoms with Gasteiger partial charge in [0.1, 0.15) is 5.76 Å². The normalized spacial score (nSPS) is 10.8. The fraction of sp³-hybridized carbons (Fsp3) is 0.185. The lowest BCUT2D eigenvalue weighted by atomic mass is 10.1. The van der Waals surface area contributed by atoms with Gasteiger partial charge in [0, 0.05) is 33.2 Å². The second-order valence-corrected chi connectivity index (χ2v) is 9.48. The fourth-order valence-electron chi connectivity index (χ4n) is 3.33. The number of nitrogens with zero attached hydrogens (tertiary/aromatic N) is 1. The first-order valence-electron chi connectivity index (χ1n) is 10.8. The molecule has 1 heterocycles. The first-order chi connectivity index (χ1) is 16.1. The van der Waals surface area contributed by atoms with Crippen molar-refractivity contribution in [2.75, 3.05) is 12.8 Å². The Morgan fingerprint density at radius 3 is 2.36 bits per heavy atom. The van der Waals surface area contributed by atoms with Gasteiger partial charge in [-0.3, -0.25) is 4.79 Å². The van der Waals surface area contributed by atoms with Crippen molar-refractivity contribution in [1.82, 2.24) is 10.3 Å². The Bertz CT molecular complexity index is 1190. The van der Waals surface area contributed by atoms with Crippen LogP contribution >= 0.6 is 23.5 Å². The second kappa shape index (κ2) is 11.3. The highest BCUT2D eigenvalue weighted by molar-refractivity contribution is 7.98. The lowest BCUT2D eigenvalue weighted by Crippen LogP contribution is -2.25. The molecule has 4 nitrogen and oxygen atoms in total. The van der Waals surface area contributed by atoms with Gasteiger partial charge in [-0.05, 0) is 73.7 Å². The molecule has 1 N–H and O–H groups in total. The van der Waals surface area contributed by atoms with Crippen molar-refractivity contribution in [3.05, 3.63) is 101 Å². The number of thioether (sulfide) groups is 2. The van der Waals surface area contributed by atoms with Gasteiger partial charge >= 0.3 is 0 Å². The van der Waals surface area contributed by atoms with E-state index in [1.807, 2.05) is 49.4 Å². The minimum Gasteiger partial charge on any atom is -0.441 e. The van der Waals surface area contributed by atoms with Gasteiger partial charge in [-0.15, -0.1) is 23.5 Å². The first kappa shape index (κ1) is 23.2. The first-order valence-corrected chi connectivity index (χ1v) is 13.0. The molecule has 33 heavy (non-hydrogen) atoms. The van der Waals surface area contributed by atoms with Crippen molar-refractivity contribution in [2.45, 2.75) is 28.9 Å². The molecule has 0 fully saturated rings. The molecule has 0 spiro atoms. The van der Waals surface area contributed by atoms with Crippen LogP contribution in [-0.4, -0.2) is 23.7 Å². The quantitative estimate of drug-likeness (QED) is 0.276. The zero-order valence-corrected chi connectivity index (χ0v) is 20.3. The molecule has 1 amide bonds. The van der Waals surface area contributed by atoms with E-state index in [-0.39, 0.29) is 5.91 Å². The van der Waals surface area contributed by atoms with Crippen LogP contribution in [0.3, 0.4) is 0 Å². The Morgan fingerprint density at radius 2 is 1.67 bits per heavy atom. The van der Waals surface area contributed by atoms with E-state index >= 15 is 0 Å². The number of rotatable bonds is 9. The van der Waals surface area contributed by atoms with Crippen molar-refractivity contribution in [1.29, 1.82) is 0 Å². The summed E-state index contributed by atoms with van der Waals surface area (Å²) in [5, 5.41) is 2.99. The maximum Gasteiger partial charge on any atom is 0.251 e. The van der Waals surface area contributed by atoms with Crippen LogP contribution in [-0.2, 0) is 12.2 Å². The summed E-state index contributed by atoms with van der Waals surface area (Å²) in [6.45, 7) is 2.54. The summed E-state index contributed by atoms with van der Waals surface area (Å²) in [7, 11) is 0. The second-order valence-electron chi connectivity index (χ2n) is 7.55. The number of carbonyl (C=O) groups excluding carboxylic acids is 1. The van der Waals surface area contributed by atoms with Crippen molar-refractivity contribution < 1.29 is 9.21 Å². The molecule has 0 aliphatic heterocycles. The van der Waals surface area contributed by atoms with Gasteiger partial charge in [-0.1, -0.05) is 30.3 Å². The summed E-state index contributed by atoms with van der Waals surface area (Å²) >= 11 is 3.46. The van der Waals surface area contributed by atoms with Crippen LogP contribution in [0.15, 0.2) is 93.1 Å². The van der Waals surface area contributed by atoms with E-state index in [9.17, 15) is 4.79 Å². The van der Waals surface area contributed by atoms with Gasteiger partial charge < -0.3 is 9.73 Å². The molecule has 0 saturated heterocycles. The summed E-state index contributed by atoms with van der Waals surface area (Å²) in [5.74, 6) is 2.07. The smallest absolute Gasteiger partial charge is 0.251 e. The molecule has 0 atom stereocenters. The minimum atomic E-state index is -0.0779. The predicted octanol–water partition coefficient (Wildman–Crippen LogP) is 6.64. The molecule has 1 aromatic heterocycles. The molecule has 168 valence electrons. The molecule has 3 aromatic carbocycles. The lowest BCUT2D eigenvalue weighted by Gasteiger charge is -2.06. The summed E-state index contributed by atoms with van der Waals surface area (Å²) in [5.41, 5.74) is 3.63. The van der Waals surface area contributed by atoms with Crippen LogP contribution in [0.5, 0.6) is 0 Å². The SMILES string of the molecule is CSc1ccc(CCNC(=O)c2ccc(-c3nc(CSc4ccccc4)c(C)o3)cc2)cc1. The number of carbonyl (C=O) groups is 1. The van der Waals surface area contributed by atoms with Crippen LogP contribution in [0, 0.1) is 6.92 Å². The Balaban J connectivity index is 1.32. The van der Waals surface area contributed by atoms with Crippen LogP contribution in [0.4, 0.5) is 0 Å². The van der Waals surface area contributed by atoms with E-state index in [0.29, 0.717) is 18.0 Å². The third kappa shape index (κ3) is 6.30. The monoisotopic (exact) mass is 474 g/mol. The lowest BCUT2D eigenvalue weighted by molar-refractivity contribution is 0.0954. The van der Waals surface area contributed by atoms with Crippen LogP contribution in [0.2, 0.25) is 0 Å². The largest absolute Gasteiger partial charge is 0.441 e. The average Bonchev–Trinajstić information content (AvgIpc) is 3.24. The van der Waals surface area contributed by atoms with Crippen molar-refractivity contribution >= 4 is 29.4 Å². The molecule has 6 heteroatoms. The van der Waals surface area contributed by atoms with Crippen LogP contribution in [0.25, 0.3) is 11.5 Å². The van der Waals surface area contributed by atoms with Crippen molar-refractivity contribution in [3.63, 3.8) is 0 Å². The van der Waals surface area contributed by atoms with Gasteiger partial charge in [-0.25, -0.2) is 4.98 Å². The number of aromatic nitrogens is 1. The number of oxazole rings is 1. The molecule has 0 radical (unpaired) electrons. The average molecular weight is 475 g/mol. The van der Waals surface area contributed by atoms with E-state index in [1.165, 1.54) is 15.4 Å². The zero-order valence-electron chi connectivity index (χ0n) is 18.7. The van der Waals surface area contributed by atoms with E-state index in [2.05, 4.69) is 53.0 Å². The molecular formula is C27H26N2O2S2. The number of benzene rings is 3. The number of hydrogen-bond acceptors (Lipinski definition) is 5. The highest BCUT2D eigenvalue weighted by Crippen LogP contribution is 2.27. The molecule has 4 rings (SSSR count). The predicted molar refractivity (Wildman–Crippen MR) is 137 cm³/mol. The summed E-state index contributed by atoms with van der Waals surface area (Å²) in [4.78, 5) is 19.6. The maximum atomic E-state index is 12.5. The number of nitrogens with one attached hydrogen (secondary N) is 1. The van der Waals surface area contributed by atoms with Crippen LogP contribution in [0.1, 0.15) is 27.4 Å². The maximum absolute atomic E-state index is 12.5. The van der Waals surface area contributed by atoms with E-state index in [4.69, 9.17) is 4.42 Å². The Hall–Kier alpha value is -2.96. The summed E-state index contributed by atoms with van der Waals surface area (Å²) in [6.07, 6.45) is 2.87. The molecule has 0 aliphatic carbocycles. The third-order valence-corrected chi connectivity index (χ3v) is 7.03. The Morgan fingerprint density at radius 1 is 0.939 bits per heavy atom. The van der Waals surface area contributed by atoms with E-state index in [1.54, 1.807) is 23.5 Å². The van der Waals surface area contributed by atoms with Gasteiger partial charge in [0.05, 0.1) is 5.69 Å². The topological polar surface area (TPSA) is 55.1 Å². The minimum absolute atomic E-state index is 0.0779. The summed E-state index contributed by atoms with van der Waals surface area (Å²) in [6, 6.07) is 26.1. The number of hydrogen-bond donors (Lipinski definition) is 1. The van der Waals surface area contributed by atoms with Gasteiger partial charge in [0.15, 0.2) is 0 Å². The van der Waals surface area contributed by atoms with Gasteiger partial charge in [-0.2, -0.15) is 0 Å². The van der Waals surface area contributed by atoms with Gasteiger partial charge in [0.2, 0.25) is 5.89 Å². The molecule has 4 aromatic rings. The zero-order chi connectivity index (χ0) is 23.0. The molecule has 0 aliphatic rings. The van der Waals surface area contributed by atoms with Crippen molar-refractivity contribution in [3.8, 4) is 11.5 Å². The standard InChI is InChI=1S/C27H26N2O2S2/c1-19-25(18-33-24-6-4-3-5-7-24)29-27(31-19)22-12-10-21(11-13-22)26(30)28-17-16-20-8-14-23(32-2)15-9-20/h3-15H,16-18H2,1-2H3,(H,28,30). The van der Waals surface area contributed by atoms with Gasteiger partial charge in [0.25, 0.3) is 5.91 Å². The molecular weight excluding hydrogens is 448 g/mol. The van der Waals surface area contributed by atoms with E-state index in [0.717, 1.165) is 29.2 Å². The van der Waals surface area contributed by atoms with Crippen LogP contribution < -0.4 is 5.32 Å². The molecule has 0 unspecified atom stereocenters. The molecule has 0 bridgehead atoms. The Labute approximate surface area is 203 Å². The fourth-order valence-corrected chi connectivity index (χ4v) is 4.66. The molecule has 0 saturated carbocycles. The number of aryl methyl sites for hydroxylation is 1. The van der Waals surface area contributed by atoms with Crippen molar-refractivity contribution in [2.24, 2.45) is 0 Å². The Kier molecular flexibility index (Phi) is 7.92. The highest BCUT2D eigenvalue weighted by Gasteiger charge is 2.13. The highest BCUT2D eigenvalue weighted by atomic mass is 32.2. The number of amides is 1. The third-order valence-electron chi connectivity index (χ3n) is 5.26.